The molecule has 2 heteroatoms. The van der Waals surface area contributed by atoms with E-state index in [0.717, 1.165) is 5.75 Å². The predicted molar refractivity (Wildman–Crippen MR) is 87.7 cm³/mol. The van der Waals surface area contributed by atoms with Crippen molar-refractivity contribution in [2.24, 2.45) is 0 Å². The molecule has 0 fully saturated rings. The second-order valence-corrected chi connectivity index (χ2v) is 5.90. The van der Waals surface area contributed by atoms with Gasteiger partial charge < -0.3 is 0 Å². The van der Waals surface area contributed by atoms with E-state index in [1.54, 1.807) is 11.8 Å². The van der Waals surface area contributed by atoms with Crippen molar-refractivity contribution in [3.63, 3.8) is 0 Å². The first-order chi connectivity index (χ1) is 9.45. The molecule has 0 aliphatic carbocycles. The second-order valence-electron chi connectivity index (χ2n) is 3.82. The molecule has 0 bridgehead atoms. The van der Waals surface area contributed by atoms with Gasteiger partial charge in [-0.25, -0.2) is 0 Å². The van der Waals surface area contributed by atoms with Crippen LogP contribution in [0.3, 0.4) is 0 Å². The lowest BCUT2D eigenvalue weighted by molar-refractivity contribution is 1.41. The normalized spacial score (nSPS) is 12.6. The summed E-state index contributed by atoms with van der Waals surface area (Å²) in [5.41, 5.74) is 0. The van der Waals surface area contributed by atoms with Crippen LogP contribution in [0, 0.1) is 0 Å². The van der Waals surface area contributed by atoms with Gasteiger partial charge in [0.15, 0.2) is 0 Å². The van der Waals surface area contributed by atoms with E-state index < -0.39 is 0 Å². The summed E-state index contributed by atoms with van der Waals surface area (Å²) >= 11 is 3.62. The standard InChI is InChI=1S/C12H10S.C5H6S/c1-3-7-11(8-4-1)13-12-9-5-2-6-10-12;1-2-4-6-5-3-1/h1-10H;1-4H,5H2. The molecule has 0 saturated heterocycles. The maximum atomic E-state index is 2.14. The number of benzene rings is 2. The molecule has 3 rings (SSSR count). The molecule has 96 valence electrons. The molecule has 1 aliphatic rings. The zero-order valence-electron chi connectivity index (χ0n) is 10.6. The zero-order valence-corrected chi connectivity index (χ0v) is 12.2. The van der Waals surface area contributed by atoms with Gasteiger partial charge in [-0.05, 0) is 29.7 Å². The zero-order chi connectivity index (χ0) is 13.2. The molecule has 0 unspecified atom stereocenters. The van der Waals surface area contributed by atoms with Crippen molar-refractivity contribution < 1.29 is 0 Å². The van der Waals surface area contributed by atoms with E-state index in [2.05, 4.69) is 66.1 Å². The molecule has 0 amide bonds. The summed E-state index contributed by atoms with van der Waals surface area (Å²) in [5.74, 6) is 1.15. The molecular formula is C17H16S2. The highest BCUT2D eigenvalue weighted by Crippen LogP contribution is 2.26. The third-order valence-corrected chi connectivity index (χ3v) is 4.09. The molecule has 0 N–H and O–H groups in total. The summed E-state index contributed by atoms with van der Waals surface area (Å²) in [6.45, 7) is 0. The maximum Gasteiger partial charge on any atom is 0.0157 e. The smallest absolute Gasteiger partial charge is 0.0157 e. The second kappa shape index (κ2) is 8.68. The lowest BCUT2D eigenvalue weighted by Crippen LogP contribution is -1.70. The monoisotopic (exact) mass is 284 g/mol. The lowest BCUT2D eigenvalue weighted by Gasteiger charge is -1.99. The Morgan fingerprint density at radius 2 is 1.32 bits per heavy atom. The first-order valence-electron chi connectivity index (χ1n) is 6.16. The van der Waals surface area contributed by atoms with Gasteiger partial charge in [-0.2, -0.15) is 0 Å². The molecule has 1 heterocycles. The van der Waals surface area contributed by atoms with Crippen LogP contribution >= 0.6 is 23.5 Å². The molecule has 19 heavy (non-hydrogen) atoms. The number of hydrogen-bond acceptors (Lipinski definition) is 2. The summed E-state index contributed by atoms with van der Waals surface area (Å²) in [4.78, 5) is 2.57. The Hall–Kier alpha value is -1.38. The van der Waals surface area contributed by atoms with E-state index >= 15 is 0 Å². The first kappa shape index (κ1) is 14.0. The van der Waals surface area contributed by atoms with E-state index in [9.17, 15) is 0 Å². The Labute approximate surface area is 123 Å². The van der Waals surface area contributed by atoms with Gasteiger partial charge >= 0.3 is 0 Å². The number of thioether (sulfide) groups is 1. The van der Waals surface area contributed by atoms with Crippen LogP contribution in [0.25, 0.3) is 0 Å². The van der Waals surface area contributed by atoms with Crippen molar-refractivity contribution in [1.29, 1.82) is 0 Å². The molecule has 1 aliphatic heterocycles. The van der Waals surface area contributed by atoms with Crippen LogP contribution in [0.15, 0.2) is 94.1 Å². The minimum absolute atomic E-state index is 1.15. The van der Waals surface area contributed by atoms with Crippen molar-refractivity contribution in [3.05, 3.63) is 84.3 Å². The van der Waals surface area contributed by atoms with Crippen LogP contribution in [0.1, 0.15) is 0 Å². The van der Waals surface area contributed by atoms with Crippen molar-refractivity contribution in [2.75, 3.05) is 5.75 Å². The number of allylic oxidation sites excluding steroid dienone is 2. The molecule has 2 aromatic carbocycles. The van der Waals surface area contributed by atoms with Crippen molar-refractivity contribution in [2.45, 2.75) is 9.79 Å². The fraction of sp³-hybridized carbons (Fsp3) is 0.0588. The highest BCUT2D eigenvalue weighted by atomic mass is 32.2. The van der Waals surface area contributed by atoms with Crippen molar-refractivity contribution >= 4 is 23.5 Å². The molecule has 0 nitrogen and oxygen atoms in total. The molecule has 0 atom stereocenters. The Bertz CT molecular complexity index is 466. The van der Waals surface area contributed by atoms with E-state index in [1.807, 2.05) is 30.0 Å². The lowest BCUT2D eigenvalue weighted by atomic mass is 10.4. The van der Waals surface area contributed by atoms with Crippen LogP contribution in [-0.4, -0.2) is 5.75 Å². The average molecular weight is 284 g/mol. The molecule has 0 saturated carbocycles. The Kier molecular flexibility index (Phi) is 6.41. The van der Waals surface area contributed by atoms with Gasteiger partial charge in [0.1, 0.15) is 0 Å². The van der Waals surface area contributed by atoms with Crippen molar-refractivity contribution in [1.82, 2.24) is 0 Å². The Morgan fingerprint density at radius 1 is 0.737 bits per heavy atom. The highest BCUT2D eigenvalue weighted by Gasteiger charge is 1.93. The molecule has 2 aromatic rings. The minimum Gasteiger partial charge on any atom is -0.130 e. The summed E-state index contributed by atoms with van der Waals surface area (Å²) in [7, 11) is 0. The van der Waals surface area contributed by atoms with Crippen LogP contribution in [0.5, 0.6) is 0 Å². The quantitative estimate of drug-likeness (QED) is 0.700. The van der Waals surface area contributed by atoms with E-state index in [1.165, 1.54) is 9.79 Å². The van der Waals surface area contributed by atoms with Gasteiger partial charge in [0.05, 0.1) is 0 Å². The fourth-order valence-electron chi connectivity index (χ4n) is 1.46. The van der Waals surface area contributed by atoms with Gasteiger partial charge in [0, 0.05) is 15.5 Å². The summed E-state index contributed by atoms with van der Waals surface area (Å²) < 4.78 is 0. The van der Waals surface area contributed by atoms with Gasteiger partial charge in [-0.15, -0.1) is 11.8 Å². The van der Waals surface area contributed by atoms with Crippen molar-refractivity contribution in [3.8, 4) is 0 Å². The summed E-state index contributed by atoms with van der Waals surface area (Å²) in [5, 5.41) is 2.10. The van der Waals surface area contributed by atoms with E-state index in [4.69, 9.17) is 0 Å². The maximum absolute atomic E-state index is 2.14. The van der Waals surface area contributed by atoms with Crippen LogP contribution in [0.2, 0.25) is 0 Å². The highest BCUT2D eigenvalue weighted by molar-refractivity contribution is 8.02. The van der Waals surface area contributed by atoms with Crippen LogP contribution in [0.4, 0.5) is 0 Å². The Balaban J connectivity index is 0.000000186. The number of rotatable bonds is 2. The molecule has 0 spiro atoms. The van der Waals surface area contributed by atoms with Gasteiger partial charge in [0.2, 0.25) is 0 Å². The number of hydrogen-bond donors (Lipinski definition) is 0. The van der Waals surface area contributed by atoms with Crippen LogP contribution in [-0.2, 0) is 0 Å². The third kappa shape index (κ3) is 5.86. The fourth-order valence-corrected chi connectivity index (χ4v) is 2.85. The molecule has 0 aromatic heterocycles. The summed E-state index contributed by atoms with van der Waals surface area (Å²) in [6.07, 6.45) is 6.26. The Morgan fingerprint density at radius 3 is 1.63 bits per heavy atom. The van der Waals surface area contributed by atoms with Gasteiger partial charge in [-0.1, -0.05) is 66.4 Å². The third-order valence-electron chi connectivity index (χ3n) is 2.34. The topological polar surface area (TPSA) is 0 Å². The molecular weight excluding hydrogens is 268 g/mol. The van der Waals surface area contributed by atoms with E-state index in [-0.39, 0.29) is 0 Å². The van der Waals surface area contributed by atoms with E-state index in [0.29, 0.717) is 0 Å². The van der Waals surface area contributed by atoms with Crippen LogP contribution < -0.4 is 0 Å². The first-order valence-corrected chi connectivity index (χ1v) is 8.03. The van der Waals surface area contributed by atoms with Gasteiger partial charge in [0.25, 0.3) is 0 Å². The minimum atomic E-state index is 1.15. The largest absolute Gasteiger partial charge is 0.130 e. The van der Waals surface area contributed by atoms with Gasteiger partial charge in [-0.3, -0.25) is 0 Å². The predicted octanol–water partition coefficient (Wildman–Crippen LogP) is 5.64. The SMILES string of the molecule is C1=CCSC=C1.c1ccc(Sc2ccccc2)cc1. The molecule has 0 radical (unpaired) electrons. The average Bonchev–Trinajstić information content (AvgIpc) is 2.52. The summed E-state index contributed by atoms with van der Waals surface area (Å²) in [6, 6.07) is 20.8.